The van der Waals surface area contributed by atoms with Gasteiger partial charge in [-0.2, -0.15) is 5.26 Å². The first kappa shape index (κ1) is 18.2. The zero-order valence-electron chi connectivity index (χ0n) is 14.6. The molecule has 0 unspecified atom stereocenters. The van der Waals surface area contributed by atoms with Crippen molar-refractivity contribution in [3.63, 3.8) is 0 Å². The predicted molar refractivity (Wildman–Crippen MR) is 102 cm³/mol. The van der Waals surface area contributed by atoms with Crippen molar-refractivity contribution in [3.05, 3.63) is 52.4 Å². The molecule has 6 nitrogen and oxygen atoms in total. The molecule has 0 aliphatic carbocycles. The topological polar surface area (TPSA) is 76.3 Å². The number of anilines is 1. The highest BCUT2D eigenvalue weighted by molar-refractivity contribution is 6.30. The van der Waals surface area contributed by atoms with Crippen LogP contribution >= 0.6 is 11.6 Å². The summed E-state index contributed by atoms with van der Waals surface area (Å²) in [6, 6.07) is 7.14. The van der Waals surface area contributed by atoms with Crippen LogP contribution in [-0.4, -0.2) is 52.7 Å². The first-order valence-electron chi connectivity index (χ1n) is 8.41. The zero-order chi connectivity index (χ0) is 18.5. The Morgan fingerprint density at radius 1 is 1.27 bits per heavy atom. The number of hydrogen-bond acceptors (Lipinski definition) is 6. The van der Waals surface area contributed by atoms with Crippen LogP contribution in [0.25, 0.3) is 6.08 Å². The number of rotatable bonds is 4. The summed E-state index contributed by atoms with van der Waals surface area (Å²) in [5, 5.41) is 19.7. The Morgan fingerprint density at radius 3 is 2.73 bits per heavy atom. The minimum Gasteiger partial charge on any atom is -0.507 e. The predicted octanol–water partition coefficient (Wildman–Crippen LogP) is 2.93. The van der Waals surface area contributed by atoms with Gasteiger partial charge in [0.05, 0.1) is 0 Å². The second-order valence-corrected chi connectivity index (χ2v) is 6.73. The average Bonchev–Trinajstić information content (AvgIpc) is 2.65. The molecule has 26 heavy (non-hydrogen) atoms. The summed E-state index contributed by atoms with van der Waals surface area (Å²) < 4.78 is 0. The van der Waals surface area contributed by atoms with Crippen LogP contribution in [0, 0.1) is 11.3 Å². The average molecular weight is 370 g/mol. The molecule has 0 spiro atoms. The maximum absolute atomic E-state index is 9.94. The molecule has 134 valence electrons. The van der Waals surface area contributed by atoms with Gasteiger partial charge in [-0.15, -0.1) is 0 Å². The smallest absolute Gasteiger partial charge is 0.183 e. The fourth-order valence-electron chi connectivity index (χ4n) is 3.06. The molecule has 1 aliphatic rings. The van der Waals surface area contributed by atoms with E-state index in [4.69, 9.17) is 11.6 Å². The molecule has 1 aliphatic heterocycles. The number of halogens is 1. The molecule has 1 saturated heterocycles. The largest absolute Gasteiger partial charge is 0.507 e. The van der Waals surface area contributed by atoms with E-state index >= 15 is 0 Å². The molecule has 0 atom stereocenters. The normalized spacial score (nSPS) is 15.7. The van der Waals surface area contributed by atoms with Gasteiger partial charge in [-0.1, -0.05) is 23.3 Å². The molecule has 3 rings (SSSR count). The van der Waals surface area contributed by atoms with Crippen molar-refractivity contribution in [2.45, 2.75) is 6.92 Å². The SMILES string of the molecule is C/C(=C\c1cc(Cl)ccc1O)CN1CCN(c2nccnc2C#N)CC1. The van der Waals surface area contributed by atoms with Crippen LogP contribution in [-0.2, 0) is 0 Å². The van der Waals surface area contributed by atoms with Crippen molar-refractivity contribution < 1.29 is 5.11 Å². The lowest BCUT2D eigenvalue weighted by atomic mass is 10.1. The Kier molecular flexibility index (Phi) is 5.71. The van der Waals surface area contributed by atoms with Gasteiger partial charge < -0.3 is 10.0 Å². The van der Waals surface area contributed by atoms with Gasteiger partial charge in [0.25, 0.3) is 0 Å². The summed E-state index contributed by atoms with van der Waals surface area (Å²) in [6.45, 7) is 6.18. The molecule has 1 aromatic carbocycles. The maximum Gasteiger partial charge on any atom is 0.183 e. The Balaban J connectivity index is 1.61. The number of nitriles is 1. The minimum atomic E-state index is 0.227. The number of phenols is 1. The quantitative estimate of drug-likeness (QED) is 0.892. The maximum atomic E-state index is 9.94. The first-order chi connectivity index (χ1) is 12.6. The van der Waals surface area contributed by atoms with E-state index in [1.54, 1.807) is 24.4 Å². The number of phenolic OH excluding ortho intramolecular Hbond substituents is 1. The van der Waals surface area contributed by atoms with Gasteiger partial charge in [-0.25, -0.2) is 9.97 Å². The lowest BCUT2D eigenvalue weighted by Crippen LogP contribution is -2.47. The van der Waals surface area contributed by atoms with E-state index < -0.39 is 0 Å². The van der Waals surface area contributed by atoms with Crippen molar-refractivity contribution in [1.82, 2.24) is 14.9 Å². The fraction of sp³-hybridized carbons (Fsp3) is 0.316. The molecule has 1 N–H and O–H groups in total. The van der Waals surface area contributed by atoms with Gasteiger partial charge in [0, 0.05) is 55.7 Å². The Labute approximate surface area is 158 Å². The molecule has 0 bridgehead atoms. The van der Waals surface area contributed by atoms with Crippen molar-refractivity contribution in [1.29, 1.82) is 5.26 Å². The summed E-state index contributed by atoms with van der Waals surface area (Å²) in [5.74, 6) is 0.885. The van der Waals surface area contributed by atoms with Crippen LogP contribution in [0.5, 0.6) is 5.75 Å². The third-order valence-corrected chi connectivity index (χ3v) is 4.56. The monoisotopic (exact) mass is 369 g/mol. The molecular weight excluding hydrogens is 350 g/mol. The summed E-state index contributed by atoms with van der Waals surface area (Å²) in [4.78, 5) is 12.8. The number of benzene rings is 1. The van der Waals surface area contributed by atoms with Gasteiger partial charge in [-0.3, -0.25) is 4.90 Å². The molecular formula is C19H20ClN5O. The molecule has 7 heteroatoms. The van der Waals surface area contributed by atoms with Crippen LogP contribution < -0.4 is 4.90 Å². The summed E-state index contributed by atoms with van der Waals surface area (Å²) in [6.07, 6.45) is 5.12. The van der Waals surface area contributed by atoms with Crippen molar-refractivity contribution in [3.8, 4) is 11.8 Å². The van der Waals surface area contributed by atoms with Crippen molar-refractivity contribution in [2.24, 2.45) is 0 Å². The molecule has 1 fully saturated rings. The van der Waals surface area contributed by atoms with Gasteiger partial charge in [-0.05, 0) is 25.1 Å². The van der Waals surface area contributed by atoms with Crippen LogP contribution in [0.2, 0.25) is 5.02 Å². The fourth-order valence-corrected chi connectivity index (χ4v) is 3.24. The first-order valence-corrected chi connectivity index (χ1v) is 8.78. The highest BCUT2D eigenvalue weighted by Crippen LogP contribution is 2.24. The molecule has 0 saturated carbocycles. The van der Waals surface area contributed by atoms with E-state index in [1.165, 1.54) is 6.20 Å². The summed E-state index contributed by atoms with van der Waals surface area (Å²) >= 11 is 6.00. The van der Waals surface area contributed by atoms with Crippen LogP contribution in [0.15, 0.2) is 36.2 Å². The van der Waals surface area contributed by atoms with E-state index in [-0.39, 0.29) is 5.75 Å². The molecule has 2 aromatic rings. The number of nitrogens with zero attached hydrogens (tertiary/aromatic N) is 5. The minimum absolute atomic E-state index is 0.227. The van der Waals surface area contributed by atoms with Gasteiger partial charge in [0.1, 0.15) is 11.8 Å². The van der Waals surface area contributed by atoms with Gasteiger partial charge in [0.2, 0.25) is 0 Å². The molecule has 0 amide bonds. The van der Waals surface area contributed by atoms with E-state index in [0.717, 1.165) is 43.9 Å². The Hall–Kier alpha value is -2.62. The third kappa shape index (κ3) is 4.31. The molecule has 0 radical (unpaired) electrons. The van der Waals surface area contributed by atoms with E-state index in [9.17, 15) is 10.4 Å². The summed E-state index contributed by atoms with van der Waals surface area (Å²) in [7, 11) is 0. The number of aromatic hydroxyl groups is 1. The lowest BCUT2D eigenvalue weighted by molar-refractivity contribution is 0.278. The number of hydrogen-bond donors (Lipinski definition) is 1. The van der Waals surface area contributed by atoms with E-state index in [1.807, 2.05) is 13.0 Å². The van der Waals surface area contributed by atoms with E-state index in [0.29, 0.717) is 16.5 Å². The van der Waals surface area contributed by atoms with Gasteiger partial charge >= 0.3 is 0 Å². The third-order valence-electron chi connectivity index (χ3n) is 4.32. The zero-order valence-corrected chi connectivity index (χ0v) is 15.3. The van der Waals surface area contributed by atoms with E-state index in [2.05, 4.69) is 25.8 Å². The van der Waals surface area contributed by atoms with Crippen LogP contribution in [0.4, 0.5) is 5.82 Å². The Morgan fingerprint density at radius 2 is 2.00 bits per heavy atom. The van der Waals surface area contributed by atoms with Crippen molar-refractivity contribution >= 4 is 23.5 Å². The Bertz CT molecular complexity index is 853. The van der Waals surface area contributed by atoms with Crippen LogP contribution in [0.3, 0.4) is 0 Å². The van der Waals surface area contributed by atoms with Crippen molar-refractivity contribution in [2.75, 3.05) is 37.6 Å². The highest BCUT2D eigenvalue weighted by atomic mass is 35.5. The molecule has 1 aromatic heterocycles. The number of aromatic nitrogens is 2. The highest BCUT2D eigenvalue weighted by Gasteiger charge is 2.20. The number of piperazine rings is 1. The van der Waals surface area contributed by atoms with Gasteiger partial charge in [0.15, 0.2) is 11.5 Å². The second kappa shape index (κ2) is 8.17. The molecule has 2 heterocycles. The van der Waals surface area contributed by atoms with Crippen LogP contribution in [0.1, 0.15) is 18.2 Å². The second-order valence-electron chi connectivity index (χ2n) is 6.30. The standard InChI is InChI=1S/C19H20ClN5O/c1-14(10-15-11-16(20)2-3-18(15)26)13-24-6-8-25(9-7-24)19-17(12-21)22-4-5-23-19/h2-5,10-11,26H,6-9,13H2,1H3/b14-10+. The summed E-state index contributed by atoms with van der Waals surface area (Å²) in [5.41, 5.74) is 2.24. The lowest BCUT2D eigenvalue weighted by Gasteiger charge is -2.35.